The molecule has 1 heteroatoms. The van der Waals surface area contributed by atoms with Gasteiger partial charge >= 0.3 is 0 Å². The zero-order valence-corrected chi connectivity index (χ0v) is 10.3. The lowest BCUT2D eigenvalue weighted by Crippen LogP contribution is -2.35. The summed E-state index contributed by atoms with van der Waals surface area (Å²) in [5.41, 5.74) is 0. The summed E-state index contributed by atoms with van der Waals surface area (Å²) in [6, 6.07) is 0.483. The molecule has 0 rings (SSSR count). The van der Waals surface area contributed by atoms with Crippen molar-refractivity contribution in [3.63, 3.8) is 0 Å². The molecule has 0 fully saturated rings. The van der Waals surface area contributed by atoms with E-state index in [1.807, 2.05) is 7.05 Å². The molecule has 0 aliphatic heterocycles. The van der Waals surface area contributed by atoms with Crippen molar-refractivity contribution in [2.45, 2.75) is 52.5 Å². The molecule has 0 bridgehead atoms. The topological polar surface area (TPSA) is 12.0 Å². The van der Waals surface area contributed by atoms with Gasteiger partial charge in [-0.15, -0.1) is 6.58 Å². The molecule has 0 aromatic carbocycles. The smallest absolute Gasteiger partial charge is 0.0275 e. The predicted molar refractivity (Wildman–Crippen MR) is 65.5 cm³/mol. The minimum atomic E-state index is 0.483. The molecular formula is C13H27N. The zero-order valence-electron chi connectivity index (χ0n) is 10.3. The molecule has 0 aliphatic rings. The second kappa shape index (κ2) is 8.05. The highest BCUT2D eigenvalue weighted by Crippen LogP contribution is 2.25. The van der Waals surface area contributed by atoms with Crippen LogP contribution >= 0.6 is 0 Å². The van der Waals surface area contributed by atoms with Crippen LogP contribution in [0.4, 0.5) is 0 Å². The van der Waals surface area contributed by atoms with Gasteiger partial charge in [0.2, 0.25) is 0 Å². The van der Waals surface area contributed by atoms with E-state index in [-0.39, 0.29) is 0 Å². The lowest BCUT2D eigenvalue weighted by molar-refractivity contribution is 0.273. The van der Waals surface area contributed by atoms with Gasteiger partial charge in [0.25, 0.3) is 0 Å². The first-order valence-corrected chi connectivity index (χ1v) is 6.00. The van der Waals surface area contributed by atoms with Crippen LogP contribution in [-0.2, 0) is 0 Å². The fourth-order valence-electron chi connectivity index (χ4n) is 2.07. The average Bonchev–Trinajstić information content (AvgIpc) is 2.23. The minimum absolute atomic E-state index is 0.483. The minimum Gasteiger partial charge on any atom is -0.313 e. The Balaban J connectivity index is 4.27. The zero-order chi connectivity index (χ0) is 11.0. The number of unbranched alkanes of at least 4 members (excludes halogenated alkanes) is 1. The molecule has 0 radical (unpaired) electrons. The van der Waals surface area contributed by atoms with E-state index in [2.05, 4.69) is 38.7 Å². The quantitative estimate of drug-likeness (QED) is 0.586. The van der Waals surface area contributed by atoms with Crippen LogP contribution in [0.1, 0.15) is 46.5 Å². The number of hydrogen-bond acceptors (Lipinski definition) is 1. The molecule has 0 aliphatic carbocycles. The van der Waals surface area contributed by atoms with Crippen molar-refractivity contribution in [2.75, 3.05) is 7.05 Å². The van der Waals surface area contributed by atoms with Gasteiger partial charge in [-0.3, -0.25) is 0 Å². The molecule has 1 nitrogen and oxygen atoms in total. The van der Waals surface area contributed by atoms with Crippen LogP contribution in [0, 0.1) is 11.8 Å². The van der Waals surface area contributed by atoms with Crippen molar-refractivity contribution in [2.24, 2.45) is 11.8 Å². The lowest BCUT2D eigenvalue weighted by atomic mass is 9.82. The Morgan fingerprint density at radius 2 is 2.00 bits per heavy atom. The number of likely N-dealkylation sites (N-methyl/N-ethyl adjacent to an activating group) is 1. The molecule has 0 aromatic rings. The van der Waals surface area contributed by atoms with Crippen LogP contribution in [0.3, 0.4) is 0 Å². The van der Waals surface area contributed by atoms with Gasteiger partial charge in [0.05, 0.1) is 0 Å². The molecule has 14 heavy (non-hydrogen) atoms. The Morgan fingerprint density at radius 1 is 1.36 bits per heavy atom. The maximum Gasteiger partial charge on any atom is 0.0275 e. The molecule has 0 amide bonds. The highest BCUT2D eigenvalue weighted by molar-refractivity contribution is 4.91. The second-order valence-electron chi connectivity index (χ2n) is 4.24. The van der Waals surface area contributed by atoms with E-state index < -0.39 is 0 Å². The van der Waals surface area contributed by atoms with Crippen molar-refractivity contribution in [1.29, 1.82) is 0 Å². The summed E-state index contributed by atoms with van der Waals surface area (Å²) in [6.07, 6.45) is 7.28. The van der Waals surface area contributed by atoms with Crippen molar-refractivity contribution in [1.82, 2.24) is 5.32 Å². The van der Waals surface area contributed by atoms with E-state index in [0.717, 1.165) is 11.8 Å². The molecule has 84 valence electrons. The van der Waals surface area contributed by atoms with Gasteiger partial charge in [0, 0.05) is 6.04 Å². The number of nitrogens with one attached hydrogen (secondary N) is 1. The van der Waals surface area contributed by atoms with Gasteiger partial charge in [-0.25, -0.2) is 0 Å². The molecule has 3 atom stereocenters. The Morgan fingerprint density at radius 3 is 2.36 bits per heavy atom. The molecule has 0 aromatic heterocycles. The van der Waals surface area contributed by atoms with Crippen molar-refractivity contribution in [3.8, 4) is 0 Å². The first-order chi connectivity index (χ1) is 6.71. The summed E-state index contributed by atoms with van der Waals surface area (Å²) in [4.78, 5) is 0. The highest BCUT2D eigenvalue weighted by Gasteiger charge is 2.21. The van der Waals surface area contributed by atoms with E-state index in [0.29, 0.717) is 6.04 Å². The van der Waals surface area contributed by atoms with Crippen LogP contribution in [0.25, 0.3) is 0 Å². The van der Waals surface area contributed by atoms with E-state index in [4.69, 9.17) is 0 Å². The fourth-order valence-corrected chi connectivity index (χ4v) is 2.07. The maximum absolute atomic E-state index is 3.92. The Labute approximate surface area is 90.0 Å². The first-order valence-electron chi connectivity index (χ1n) is 6.00. The lowest BCUT2D eigenvalue weighted by Gasteiger charge is -2.29. The molecule has 0 spiro atoms. The highest BCUT2D eigenvalue weighted by atomic mass is 14.9. The summed E-state index contributed by atoms with van der Waals surface area (Å²) in [6.45, 7) is 10.8. The van der Waals surface area contributed by atoms with Crippen LogP contribution in [0.5, 0.6) is 0 Å². The van der Waals surface area contributed by atoms with E-state index in [1.165, 1.54) is 25.7 Å². The van der Waals surface area contributed by atoms with Gasteiger partial charge in [-0.1, -0.05) is 46.1 Å². The van der Waals surface area contributed by atoms with Crippen molar-refractivity contribution >= 4 is 0 Å². The maximum atomic E-state index is 3.92. The Bertz CT molecular complexity index is 142. The largest absolute Gasteiger partial charge is 0.313 e. The normalized spacial score (nSPS) is 17.4. The summed E-state index contributed by atoms with van der Waals surface area (Å²) >= 11 is 0. The van der Waals surface area contributed by atoms with Gasteiger partial charge in [0.1, 0.15) is 0 Å². The van der Waals surface area contributed by atoms with Gasteiger partial charge < -0.3 is 5.32 Å². The van der Waals surface area contributed by atoms with Gasteiger partial charge in [-0.2, -0.15) is 0 Å². The number of rotatable bonds is 8. The van der Waals surface area contributed by atoms with Crippen molar-refractivity contribution < 1.29 is 0 Å². The molecule has 1 N–H and O–H groups in total. The monoisotopic (exact) mass is 197 g/mol. The average molecular weight is 197 g/mol. The third kappa shape index (κ3) is 4.28. The fraction of sp³-hybridized carbons (Fsp3) is 0.846. The summed E-state index contributed by atoms with van der Waals surface area (Å²) < 4.78 is 0. The molecule has 0 saturated heterocycles. The summed E-state index contributed by atoms with van der Waals surface area (Å²) in [5.74, 6) is 1.54. The first kappa shape index (κ1) is 13.7. The van der Waals surface area contributed by atoms with E-state index in [1.54, 1.807) is 0 Å². The van der Waals surface area contributed by atoms with Crippen LogP contribution in [-0.4, -0.2) is 13.1 Å². The van der Waals surface area contributed by atoms with E-state index in [9.17, 15) is 0 Å². The van der Waals surface area contributed by atoms with Crippen LogP contribution < -0.4 is 5.32 Å². The number of hydrogen-bond donors (Lipinski definition) is 1. The third-order valence-corrected chi connectivity index (χ3v) is 3.31. The third-order valence-electron chi connectivity index (χ3n) is 3.31. The molecule has 3 unspecified atom stereocenters. The molecular weight excluding hydrogens is 170 g/mol. The SMILES string of the molecule is C=CC(NC)C(CCCC)C(C)CC. The van der Waals surface area contributed by atoms with Crippen molar-refractivity contribution in [3.05, 3.63) is 12.7 Å². The standard InChI is InChI=1S/C13H27N/c1-6-9-10-12(11(4)7-2)13(8-3)14-5/h8,11-14H,3,6-7,9-10H2,1-2,4-5H3. The summed E-state index contributed by atoms with van der Waals surface area (Å²) in [7, 11) is 2.04. The molecule has 0 heterocycles. The van der Waals surface area contributed by atoms with E-state index >= 15 is 0 Å². The van der Waals surface area contributed by atoms with Crippen LogP contribution in [0.2, 0.25) is 0 Å². The predicted octanol–water partition coefficient (Wildman–Crippen LogP) is 3.61. The van der Waals surface area contributed by atoms with Crippen LogP contribution in [0.15, 0.2) is 12.7 Å². The molecule has 0 saturated carbocycles. The summed E-state index contributed by atoms with van der Waals surface area (Å²) in [5, 5.41) is 3.36. The Kier molecular flexibility index (Phi) is 7.87. The van der Waals surface area contributed by atoms with Gasteiger partial charge in [0.15, 0.2) is 0 Å². The van der Waals surface area contributed by atoms with Gasteiger partial charge in [-0.05, 0) is 25.3 Å². The Hall–Kier alpha value is -0.300. The second-order valence-corrected chi connectivity index (χ2v) is 4.24.